The van der Waals surface area contributed by atoms with E-state index in [-0.39, 0.29) is 28.2 Å². The second-order valence-electron chi connectivity index (χ2n) is 9.77. The molecule has 2 heterocycles. The Balaban J connectivity index is 1.32. The molecule has 202 valence electrons. The summed E-state index contributed by atoms with van der Waals surface area (Å²) < 4.78 is 40.8. The lowest BCUT2D eigenvalue weighted by Crippen LogP contribution is -2.32. The molecule has 1 N–H and O–H groups in total. The first-order chi connectivity index (χ1) is 18.3. The van der Waals surface area contributed by atoms with E-state index >= 15 is 0 Å². The zero-order valence-electron chi connectivity index (χ0n) is 21.1. The molecule has 1 fully saturated rings. The highest BCUT2D eigenvalue weighted by molar-refractivity contribution is 7.92. The third kappa shape index (κ3) is 6.34. The minimum atomic E-state index is -4.01. The number of aromatic nitrogens is 2. The second-order valence-corrected chi connectivity index (χ2v) is 12.2. The van der Waals surface area contributed by atoms with Gasteiger partial charge in [-0.25, -0.2) is 18.4 Å². The van der Waals surface area contributed by atoms with Gasteiger partial charge in [0.15, 0.2) is 0 Å². The van der Waals surface area contributed by atoms with E-state index < -0.39 is 10.0 Å². The molecule has 0 radical (unpaired) electrons. The predicted molar refractivity (Wildman–Crippen MR) is 148 cm³/mol. The Kier molecular flexibility index (Phi) is 8.28. The van der Waals surface area contributed by atoms with Crippen LogP contribution in [0.2, 0.25) is 10.0 Å². The summed E-state index contributed by atoms with van der Waals surface area (Å²) in [6, 6.07) is 11.7. The molecule has 5 rings (SSSR count). The first kappa shape index (κ1) is 27.0. The van der Waals surface area contributed by atoms with Crippen molar-refractivity contribution in [3.8, 4) is 11.6 Å². The molecule has 1 aliphatic heterocycles. The molecule has 8 nitrogen and oxygen atoms in total. The number of rotatable bonds is 9. The molecular formula is C27H30Cl2N4O4S. The lowest BCUT2D eigenvalue weighted by Gasteiger charge is -2.28. The maximum Gasteiger partial charge on any atom is 0.264 e. The van der Waals surface area contributed by atoms with Crippen LogP contribution in [0.15, 0.2) is 47.4 Å². The summed E-state index contributed by atoms with van der Waals surface area (Å²) in [5, 5.41) is 0.651. The lowest BCUT2D eigenvalue weighted by atomic mass is 9.98. The molecule has 0 amide bonds. The van der Waals surface area contributed by atoms with Gasteiger partial charge in [0, 0.05) is 0 Å². The van der Waals surface area contributed by atoms with Crippen LogP contribution in [0, 0.1) is 5.92 Å². The Hall–Kier alpha value is -2.59. The van der Waals surface area contributed by atoms with Gasteiger partial charge >= 0.3 is 0 Å². The van der Waals surface area contributed by atoms with Gasteiger partial charge in [0.1, 0.15) is 17.3 Å². The van der Waals surface area contributed by atoms with Gasteiger partial charge in [-0.15, -0.1) is 0 Å². The molecule has 38 heavy (non-hydrogen) atoms. The Morgan fingerprint density at radius 2 is 1.74 bits per heavy atom. The third-order valence-corrected chi connectivity index (χ3v) is 9.04. The van der Waals surface area contributed by atoms with Gasteiger partial charge < -0.3 is 14.4 Å². The molecule has 1 aliphatic carbocycles. The standard InChI is InChI=1S/C27H30Cl2N4O4S/c1-33-13-11-18(12-14-33)16-36-24-15-19(9-10-20(24)28)17-37-27-26(30-22-6-4-7-23(22)31-27)32-38(34,35)25-8-3-2-5-21(25)29/h2-3,5,8-10,15,18H,4,6-7,11-14,16-17H2,1H3,(H,30,32). The highest BCUT2D eigenvalue weighted by Crippen LogP contribution is 2.32. The number of ether oxygens (including phenoxy) is 2. The van der Waals surface area contributed by atoms with E-state index in [0.29, 0.717) is 23.3 Å². The van der Waals surface area contributed by atoms with Crippen molar-refractivity contribution in [2.45, 2.75) is 43.6 Å². The minimum absolute atomic E-state index is 0.0401. The smallest absolute Gasteiger partial charge is 0.264 e. The Bertz CT molecular complexity index is 1410. The van der Waals surface area contributed by atoms with Crippen molar-refractivity contribution in [1.82, 2.24) is 14.9 Å². The molecule has 0 atom stereocenters. The monoisotopic (exact) mass is 576 g/mol. The zero-order chi connectivity index (χ0) is 26.7. The summed E-state index contributed by atoms with van der Waals surface area (Å²) in [7, 11) is -1.87. The number of hydrogen-bond donors (Lipinski definition) is 1. The second kappa shape index (κ2) is 11.7. The molecule has 2 aromatic carbocycles. The SMILES string of the molecule is CN1CCC(COc2cc(COc3nc4c(nc3NS(=O)(=O)c3ccccc3Cl)CCC4)ccc2Cl)CC1. The summed E-state index contributed by atoms with van der Waals surface area (Å²) in [6.07, 6.45) is 4.61. The van der Waals surface area contributed by atoms with Gasteiger partial charge in [-0.3, -0.25) is 4.72 Å². The topological polar surface area (TPSA) is 93.7 Å². The molecular weight excluding hydrogens is 547 g/mol. The molecule has 0 saturated carbocycles. The van der Waals surface area contributed by atoms with Crippen molar-refractivity contribution >= 4 is 39.0 Å². The Labute approximate surface area is 233 Å². The quantitative estimate of drug-likeness (QED) is 0.366. The Morgan fingerprint density at radius 1 is 1.00 bits per heavy atom. The van der Waals surface area contributed by atoms with Crippen LogP contribution in [0.25, 0.3) is 0 Å². The third-order valence-electron chi connectivity index (χ3n) is 6.89. The van der Waals surface area contributed by atoms with Crippen molar-refractivity contribution in [2.75, 3.05) is 31.5 Å². The largest absolute Gasteiger partial charge is 0.492 e. The molecule has 1 saturated heterocycles. The number of nitrogens with zero attached hydrogens (tertiary/aromatic N) is 3. The number of aryl methyl sites for hydroxylation is 2. The van der Waals surface area contributed by atoms with Crippen LogP contribution in [0.3, 0.4) is 0 Å². The molecule has 0 unspecified atom stereocenters. The number of nitrogens with one attached hydrogen (secondary N) is 1. The summed E-state index contributed by atoms with van der Waals surface area (Å²) in [5.41, 5.74) is 2.40. The average Bonchev–Trinajstić information content (AvgIpc) is 3.35. The molecule has 1 aromatic heterocycles. The number of sulfonamides is 1. The van der Waals surface area contributed by atoms with Crippen molar-refractivity contribution in [3.05, 3.63) is 69.5 Å². The highest BCUT2D eigenvalue weighted by atomic mass is 35.5. The van der Waals surface area contributed by atoms with Gasteiger partial charge in [0.05, 0.1) is 28.0 Å². The average molecular weight is 578 g/mol. The normalized spacial score (nSPS) is 16.3. The van der Waals surface area contributed by atoms with Crippen LogP contribution < -0.4 is 14.2 Å². The number of halogens is 2. The van der Waals surface area contributed by atoms with E-state index in [0.717, 1.165) is 62.1 Å². The van der Waals surface area contributed by atoms with Crippen LogP contribution >= 0.6 is 23.2 Å². The number of piperidine rings is 1. The van der Waals surface area contributed by atoms with Crippen molar-refractivity contribution in [1.29, 1.82) is 0 Å². The first-order valence-corrected chi connectivity index (χ1v) is 14.9. The maximum absolute atomic E-state index is 13.1. The van der Waals surface area contributed by atoms with Gasteiger partial charge in [0.2, 0.25) is 5.82 Å². The maximum atomic E-state index is 13.1. The molecule has 3 aromatic rings. The van der Waals surface area contributed by atoms with Crippen LogP contribution in [0.1, 0.15) is 36.2 Å². The van der Waals surface area contributed by atoms with Crippen LogP contribution in [-0.2, 0) is 29.5 Å². The van der Waals surface area contributed by atoms with E-state index in [1.165, 1.54) is 12.1 Å². The summed E-state index contributed by atoms with van der Waals surface area (Å²) >= 11 is 12.6. The minimum Gasteiger partial charge on any atom is -0.492 e. The first-order valence-electron chi connectivity index (χ1n) is 12.7. The predicted octanol–water partition coefficient (Wildman–Crippen LogP) is 5.37. The van der Waals surface area contributed by atoms with Crippen molar-refractivity contribution < 1.29 is 17.9 Å². The highest BCUT2D eigenvalue weighted by Gasteiger charge is 2.25. The van der Waals surface area contributed by atoms with E-state index in [1.54, 1.807) is 18.2 Å². The van der Waals surface area contributed by atoms with E-state index in [1.807, 2.05) is 12.1 Å². The van der Waals surface area contributed by atoms with E-state index in [2.05, 4.69) is 26.6 Å². The molecule has 11 heteroatoms. The summed E-state index contributed by atoms with van der Waals surface area (Å²) in [4.78, 5) is 11.4. The summed E-state index contributed by atoms with van der Waals surface area (Å²) in [6.45, 7) is 2.89. The van der Waals surface area contributed by atoms with Crippen LogP contribution in [0.5, 0.6) is 11.6 Å². The van der Waals surface area contributed by atoms with E-state index in [9.17, 15) is 8.42 Å². The number of likely N-dealkylation sites (tertiary alicyclic amines) is 1. The number of hydrogen-bond acceptors (Lipinski definition) is 7. The van der Waals surface area contributed by atoms with Crippen LogP contribution in [0.4, 0.5) is 5.82 Å². The van der Waals surface area contributed by atoms with E-state index in [4.69, 9.17) is 32.7 Å². The number of fused-ring (bicyclic) bond motifs is 1. The van der Waals surface area contributed by atoms with Gasteiger partial charge in [0.25, 0.3) is 15.9 Å². The number of benzene rings is 2. The molecule has 0 bridgehead atoms. The van der Waals surface area contributed by atoms with Gasteiger partial charge in [-0.1, -0.05) is 41.4 Å². The lowest BCUT2D eigenvalue weighted by molar-refractivity contribution is 0.160. The van der Waals surface area contributed by atoms with Crippen molar-refractivity contribution in [2.24, 2.45) is 5.92 Å². The van der Waals surface area contributed by atoms with Gasteiger partial charge in [-0.2, -0.15) is 0 Å². The molecule has 2 aliphatic rings. The Morgan fingerprint density at radius 3 is 2.50 bits per heavy atom. The fraction of sp³-hybridized carbons (Fsp3) is 0.407. The fourth-order valence-electron chi connectivity index (χ4n) is 4.66. The molecule has 0 spiro atoms. The van der Waals surface area contributed by atoms with Crippen molar-refractivity contribution in [3.63, 3.8) is 0 Å². The van der Waals surface area contributed by atoms with Crippen LogP contribution in [-0.4, -0.2) is 50.0 Å². The zero-order valence-corrected chi connectivity index (χ0v) is 23.4. The fourth-order valence-corrected chi connectivity index (χ4v) is 6.35. The van der Waals surface area contributed by atoms with Gasteiger partial charge in [-0.05, 0) is 88.0 Å². The number of anilines is 1. The summed E-state index contributed by atoms with van der Waals surface area (Å²) in [5.74, 6) is 1.26.